The van der Waals surface area contributed by atoms with E-state index in [2.05, 4.69) is 218 Å². The van der Waals surface area contributed by atoms with Gasteiger partial charge in [0, 0.05) is 66.3 Å². The molecule has 3 aromatic heterocycles. The summed E-state index contributed by atoms with van der Waals surface area (Å²) in [5.41, 5.74) is 30.5. The van der Waals surface area contributed by atoms with Gasteiger partial charge in [0.15, 0.2) is 0 Å². The summed E-state index contributed by atoms with van der Waals surface area (Å²) in [6.45, 7) is 19.1. The van der Waals surface area contributed by atoms with E-state index in [1.165, 1.54) is 386 Å². The van der Waals surface area contributed by atoms with Crippen LogP contribution in [0.5, 0.6) is 0 Å². The molecule has 0 aliphatic heterocycles. The minimum absolute atomic E-state index is 0.112. The van der Waals surface area contributed by atoms with Crippen molar-refractivity contribution in [3.8, 4) is 44.5 Å². The number of fused-ring (bicyclic) bond motifs is 22. The Morgan fingerprint density at radius 1 is 0.248 bits per heavy atom. The SMILES string of the molecule is CCCCCCCCC1(CCCCCCCC)c2cc(N(c3ccc4c(c3)C(CCCCCCC)(CCCCCCC)c3c5c(c6oc7ccccc7c6c3-4)-c3ccccc3C5(CCCCCCC)CCCCCCC)c3ccccn3)ccc2-c2cc3c(cc21)-c1c(ccc2oc4ccccc4c12)C3(CCCCCCCC)CCCCCCCC. The Balaban J connectivity index is 0.971. The third-order valence-corrected chi connectivity index (χ3v) is 30.7. The molecule has 644 valence electrons. The molecule has 4 aliphatic rings. The summed E-state index contributed by atoms with van der Waals surface area (Å²) in [6.07, 6.45) is 67.7. The van der Waals surface area contributed by atoms with E-state index >= 15 is 0 Å². The van der Waals surface area contributed by atoms with Crippen LogP contribution in [0.2, 0.25) is 0 Å². The van der Waals surface area contributed by atoms with E-state index in [1.54, 1.807) is 44.5 Å². The summed E-state index contributed by atoms with van der Waals surface area (Å²) in [4.78, 5) is 8.22. The van der Waals surface area contributed by atoms with Gasteiger partial charge >= 0.3 is 0 Å². The molecule has 0 bridgehead atoms. The molecule has 4 heteroatoms. The van der Waals surface area contributed by atoms with Gasteiger partial charge in [-0.2, -0.15) is 0 Å². The third-order valence-electron chi connectivity index (χ3n) is 30.7. The van der Waals surface area contributed by atoms with Crippen LogP contribution in [0.25, 0.3) is 88.4 Å². The van der Waals surface area contributed by atoms with Crippen LogP contribution in [0, 0.1) is 0 Å². The zero-order valence-corrected chi connectivity index (χ0v) is 77.0. The number of benzene rings is 8. The molecule has 121 heavy (non-hydrogen) atoms. The van der Waals surface area contributed by atoms with Gasteiger partial charge in [0.1, 0.15) is 28.1 Å². The molecule has 0 saturated carbocycles. The molecule has 0 saturated heterocycles. The summed E-state index contributed by atoms with van der Waals surface area (Å²) in [6, 6.07) is 61.7. The zero-order chi connectivity index (χ0) is 83.4. The predicted molar refractivity (Wildman–Crippen MR) is 524 cm³/mol. The number of nitrogens with zero attached hydrogens (tertiary/aromatic N) is 2. The van der Waals surface area contributed by atoms with Crippen LogP contribution < -0.4 is 4.90 Å². The van der Waals surface area contributed by atoms with Crippen molar-refractivity contribution in [1.82, 2.24) is 4.98 Å². The summed E-state index contributed by atoms with van der Waals surface area (Å²) in [5, 5.41) is 5.22. The quantitative estimate of drug-likeness (QED) is 0.0356. The number of para-hydroxylation sites is 2. The second-order valence-corrected chi connectivity index (χ2v) is 38.8. The average Bonchev–Trinajstić information content (AvgIpc) is 1.49. The van der Waals surface area contributed by atoms with Gasteiger partial charge in [-0.3, -0.25) is 4.90 Å². The summed E-state index contributed by atoms with van der Waals surface area (Å²) in [5.74, 6) is 0.987. The van der Waals surface area contributed by atoms with Gasteiger partial charge in [-0.1, -0.05) is 423 Å². The largest absolute Gasteiger partial charge is 0.456 e. The molecule has 3 heterocycles. The maximum Gasteiger partial charge on any atom is 0.144 e. The second kappa shape index (κ2) is 42.3. The molecule has 0 N–H and O–H groups in total. The van der Waals surface area contributed by atoms with Gasteiger partial charge in [0.2, 0.25) is 0 Å². The first-order chi connectivity index (χ1) is 59.7. The van der Waals surface area contributed by atoms with Crippen LogP contribution in [0.1, 0.15) is 434 Å². The molecule has 11 aromatic rings. The molecule has 0 radical (unpaired) electrons. The van der Waals surface area contributed by atoms with Crippen molar-refractivity contribution < 1.29 is 8.83 Å². The van der Waals surface area contributed by atoms with Crippen LogP contribution >= 0.6 is 0 Å². The Morgan fingerprint density at radius 3 is 1.10 bits per heavy atom. The van der Waals surface area contributed by atoms with E-state index in [0.29, 0.717) is 0 Å². The minimum Gasteiger partial charge on any atom is -0.456 e. The third kappa shape index (κ3) is 17.9. The van der Waals surface area contributed by atoms with Gasteiger partial charge in [-0.25, -0.2) is 4.98 Å². The molecule has 4 aliphatic carbocycles. The fraction of sp³-hybridized carbons (Fsp3) is 0.547. The molecule has 4 nitrogen and oxygen atoms in total. The Labute approximate surface area is 732 Å². The Bertz CT molecular complexity index is 5090. The van der Waals surface area contributed by atoms with E-state index in [4.69, 9.17) is 13.8 Å². The van der Waals surface area contributed by atoms with Crippen LogP contribution in [0.15, 0.2) is 167 Å². The number of aromatic nitrogens is 1. The van der Waals surface area contributed by atoms with Crippen molar-refractivity contribution in [2.75, 3.05) is 4.90 Å². The fourth-order valence-electron chi connectivity index (χ4n) is 24.5. The predicted octanol–water partition coefficient (Wildman–Crippen LogP) is 37.9. The van der Waals surface area contributed by atoms with Gasteiger partial charge in [0.25, 0.3) is 0 Å². The van der Waals surface area contributed by atoms with Gasteiger partial charge in [-0.15, -0.1) is 0 Å². The lowest BCUT2D eigenvalue weighted by atomic mass is 9.62. The average molecular weight is 1620 g/mol. The summed E-state index contributed by atoms with van der Waals surface area (Å²) < 4.78 is 14.7. The highest BCUT2D eigenvalue weighted by atomic mass is 16.3. The molecule has 0 amide bonds. The maximum atomic E-state index is 7.68. The number of rotatable bonds is 55. The number of hydrogen-bond acceptors (Lipinski definition) is 4. The smallest absolute Gasteiger partial charge is 0.144 e. The summed E-state index contributed by atoms with van der Waals surface area (Å²) in [7, 11) is 0. The molecule has 0 spiro atoms. The normalized spacial score (nSPS) is 14.6. The van der Waals surface area contributed by atoms with Gasteiger partial charge in [0.05, 0.1) is 0 Å². The number of anilines is 3. The number of hydrogen-bond donors (Lipinski definition) is 0. The molecular weight excluding hydrogens is 1470 g/mol. The van der Waals surface area contributed by atoms with E-state index in [0.717, 1.165) is 53.8 Å². The highest BCUT2D eigenvalue weighted by molar-refractivity contribution is 6.21. The van der Waals surface area contributed by atoms with E-state index in [1.807, 2.05) is 0 Å². The molecular formula is C117H154N2O2. The van der Waals surface area contributed by atoms with Gasteiger partial charge in [-0.05, 0) is 202 Å². The maximum absolute atomic E-state index is 7.68. The highest BCUT2D eigenvalue weighted by Crippen LogP contribution is 2.69. The highest BCUT2D eigenvalue weighted by Gasteiger charge is 2.55. The first kappa shape index (κ1) is 88.2. The lowest BCUT2D eigenvalue weighted by molar-refractivity contribution is 0.369. The van der Waals surface area contributed by atoms with Crippen molar-refractivity contribution in [1.29, 1.82) is 0 Å². The lowest BCUT2D eigenvalue weighted by Gasteiger charge is -2.40. The zero-order valence-electron chi connectivity index (χ0n) is 77.0. The molecule has 0 fully saturated rings. The topological polar surface area (TPSA) is 42.4 Å². The second-order valence-electron chi connectivity index (χ2n) is 38.8. The standard InChI is InChI=1S/C117H154N2O2/c1-9-17-25-33-41-52-74-114(75-53-42-34-26-18-10-2)97-72-73-104-107(92-62-46-49-65-102(92)120-104)106(97)95-86-100-94(85-101(95)114)89-70-68-87(83-98(89)115(100,76-54-43-35-27-19-11-3)77-55-44-36-28-20-12-4)119(105-67-51-60-82-118-105)88-69-71-91-99(84-88)117(80-58-39-31-23-15-7,81-59-40-32-24-16-8)111-108(91)109-93-63-47-50-66-103(93)121-113(109)110-90-61-45-48-64-96(90)116(112(110)111,78-56-37-29-21-13-5)79-57-38-30-22-14-6/h45-51,60-73,82-86H,9-44,52-59,74-81H2,1-8H3. The minimum atomic E-state index is -0.265. The van der Waals surface area contributed by atoms with Crippen LogP contribution in [-0.4, -0.2) is 4.98 Å². The molecule has 0 unspecified atom stereocenters. The van der Waals surface area contributed by atoms with Gasteiger partial charge < -0.3 is 8.83 Å². The van der Waals surface area contributed by atoms with E-state index in [-0.39, 0.29) is 21.7 Å². The van der Waals surface area contributed by atoms with Crippen molar-refractivity contribution >= 4 is 61.1 Å². The van der Waals surface area contributed by atoms with Crippen molar-refractivity contribution in [2.24, 2.45) is 0 Å². The number of unbranched alkanes of at least 4 members (excludes halogenated alkanes) is 36. The summed E-state index contributed by atoms with van der Waals surface area (Å²) >= 11 is 0. The number of pyridine rings is 1. The fourth-order valence-corrected chi connectivity index (χ4v) is 24.5. The van der Waals surface area contributed by atoms with Crippen LogP contribution in [-0.2, 0) is 21.7 Å². The first-order valence-electron chi connectivity index (χ1n) is 51.0. The molecule has 0 atom stereocenters. The Hall–Kier alpha value is -7.69. The Morgan fingerprint density at radius 2 is 0.612 bits per heavy atom. The number of furan rings is 2. The monoisotopic (exact) mass is 1620 g/mol. The van der Waals surface area contributed by atoms with Crippen molar-refractivity contribution in [3.63, 3.8) is 0 Å². The lowest BCUT2D eigenvalue weighted by Crippen LogP contribution is -2.33. The van der Waals surface area contributed by atoms with E-state index < -0.39 is 0 Å². The van der Waals surface area contributed by atoms with E-state index in [9.17, 15) is 0 Å². The van der Waals surface area contributed by atoms with Crippen LogP contribution in [0.3, 0.4) is 0 Å². The van der Waals surface area contributed by atoms with Crippen molar-refractivity contribution in [2.45, 2.75) is 411 Å². The molecule has 8 aromatic carbocycles. The van der Waals surface area contributed by atoms with Crippen molar-refractivity contribution in [3.05, 3.63) is 202 Å². The first-order valence-corrected chi connectivity index (χ1v) is 51.0. The molecule has 15 rings (SSSR count). The van der Waals surface area contributed by atoms with Crippen LogP contribution in [0.4, 0.5) is 17.2 Å². The Kier molecular flexibility index (Phi) is 30.8.